The summed E-state index contributed by atoms with van der Waals surface area (Å²) in [6.07, 6.45) is 3.39. The summed E-state index contributed by atoms with van der Waals surface area (Å²) in [6.45, 7) is 0. The van der Waals surface area contributed by atoms with Crippen LogP contribution in [0.3, 0.4) is 0 Å². The summed E-state index contributed by atoms with van der Waals surface area (Å²) in [4.78, 5) is 10.9. The summed E-state index contributed by atoms with van der Waals surface area (Å²) < 4.78 is 0. The molecule has 2 N–H and O–H groups in total. The number of nitrogens with zero attached hydrogens (tertiary/aromatic N) is 1. The molecule has 0 aliphatic carbocycles. The lowest BCUT2D eigenvalue weighted by molar-refractivity contribution is 0.0702. The molecule has 0 saturated heterocycles. The average molecular weight is 194 g/mol. The number of carboxylic acid groups (broad SMARTS) is 1. The summed E-state index contributed by atoms with van der Waals surface area (Å²) in [5, 5.41) is 16.9. The van der Waals surface area contributed by atoms with Gasteiger partial charge in [-0.2, -0.15) is 5.10 Å². The van der Waals surface area contributed by atoms with E-state index in [0.29, 0.717) is 4.88 Å². The summed E-state index contributed by atoms with van der Waals surface area (Å²) in [6, 6.07) is 1.64. The third kappa shape index (κ3) is 1.46. The Bertz CT molecular complexity index is 419. The van der Waals surface area contributed by atoms with Crippen LogP contribution in [0, 0.1) is 0 Å². The predicted molar refractivity (Wildman–Crippen MR) is 48.9 cm³/mol. The molecule has 5 heteroatoms. The van der Waals surface area contributed by atoms with Crippen LogP contribution in [0.25, 0.3) is 11.1 Å². The average Bonchev–Trinajstić information content (AvgIpc) is 2.75. The van der Waals surface area contributed by atoms with Crippen molar-refractivity contribution in [2.75, 3.05) is 0 Å². The van der Waals surface area contributed by atoms with E-state index >= 15 is 0 Å². The Morgan fingerprint density at radius 2 is 2.38 bits per heavy atom. The van der Waals surface area contributed by atoms with Gasteiger partial charge in [-0.1, -0.05) is 0 Å². The molecule has 0 unspecified atom stereocenters. The van der Waals surface area contributed by atoms with Crippen LogP contribution in [0.1, 0.15) is 9.67 Å². The van der Waals surface area contributed by atoms with Crippen LogP contribution >= 0.6 is 11.3 Å². The molecule has 2 rings (SSSR count). The van der Waals surface area contributed by atoms with Crippen LogP contribution in [0.4, 0.5) is 0 Å². The zero-order valence-corrected chi connectivity index (χ0v) is 7.34. The smallest absolute Gasteiger partial charge is 0.345 e. The predicted octanol–water partition coefficient (Wildman–Crippen LogP) is 1.84. The fourth-order valence-corrected chi connectivity index (χ4v) is 1.76. The summed E-state index contributed by atoms with van der Waals surface area (Å²) in [7, 11) is 0. The standard InChI is InChI=1S/C8H6N2O2S/c11-8(12)7-1-5(4-13-7)6-2-9-10-3-6/h1-4H,(H,9,10)(H,11,12). The SMILES string of the molecule is O=C(O)c1cc(-c2cn[nH]c2)cs1. The van der Waals surface area contributed by atoms with Gasteiger partial charge >= 0.3 is 5.97 Å². The van der Waals surface area contributed by atoms with Gasteiger partial charge in [-0.05, 0) is 17.0 Å². The van der Waals surface area contributed by atoms with E-state index < -0.39 is 5.97 Å². The quantitative estimate of drug-likeness (QED) is 0.766. The third-order valence-electron chi connectivity index (χ3n) is 1.64. The van der Waals surface area contributed by atoms with Crippen LogP contribution < -0.4 is 0 Å². The van der Waals surface area contributed by atoms with Gasteiger partial charge in [-0.25, -0.2) is 4.79 Å². The molecule has 0 saturated carbocycles. The number of rotatable bonds is 2. The van der Waals surface area contributed by atoms with Crippen LogP contribution in [0.15, 0.2) is 23.8 Å². The van der Waals surface area contributed by atoms with E-state index in [1.54, 1.807) is 23.8 Å². The van der Waals surface area contributed by atoms with Crippen molar-refractivity contribution in [1.82, 2.24) is 10.2 Å². The first-order valence-corrected chi connectivity index (χ1v) is 4.46. The van der Waals surface area contributed by atoms with E-state index in [4.69, 9.17) is 5.11 Å². The number of hydrogen-bond donors (Lipinski definition) is 2. The normalized spacial score (nSPS) is 10.2. The Morgan fingerprint density at radius 1 is 1.54 bits per heavy atom. The third-order valence-corrected chi connectivity index (χ3v) is 2.56. The molecule has 13 heavy (non-hydrogen) atoms. The fraction of sp³-hybridized carbons (Fsp3) is 0. The maximum atomic E-state index is 10.6. The highest BCUT2D eigenvalue weighted by Gasteiger charge is 2.08. The lowest BCUT2D eigenvalue weighted by Crippen LogP contribution is -1.89. The molecule has 2 heterocycles. The zero-order chi connectivity index (χ0) is 9.26. The molecule has 4 nitrogen and oxygen atoms in total. The van der Waals surface area contributed by atoms with Crippen molar-refractivity contribution in [3.05, 3.63) is 28.7 Å². The Hall–Kier alpha value is -1.62. The van der Waals surface area contributed by atoms with Crippen molar-refractivity contribution < 1.29 is 9.90 Å². The van der Waals surface area contributed by atoms with E-state index in [9.17, 15) is 4.79 Å². The molecule has 0 aromatic carbocycles. The molecule has 0 atom stereocenters. The number of aromatic carboxylic acids is 1. The van der Waals surface area contributed by atoms with E-state index in [1.807, 2.05) is 0 Å². The Labute approximate surface area is 77.8 Å². The number of aromatic nitrogens is 2. The van der Waals surface area contributed by atoms with Gasteiger partial charge in [0, 0.05) is 11.8 Å². The molecule has 0 aliphatic rings. The lowest BCUT2D eigenvalue weighted by atomic mass is 10.2. The van der Waals surface area contributed by atoms with Crippen LogP contribution in [-0.2, 0) is 0 Å². The van der Waals surface area contributed by atoms with Gasteiger partial charge in [-0.3, -0.25) is 5.10 Å². The minimum absolute atomic E-state index is 0.344. The summed E-state index contributed by atoms with van der Waals surface area (Å²) in [5.41, 5.74) is 1.79. The highest BCUT2D eigenvalue weighted by Crippen LogP contribution is 2.24. The van der Waals surface area contributed by atoms with Gasteiger partial charge in [0.05, 0.1) is 6.20 Å². The highest BCUT2D eigenvalue weighted by atomic mass is 32.1. The van der Waals surface area contributed by atoms with Gasteiger partial charge in [0.1, 0.15) is 4.88 Å². The van der Waals surface area contributed by atoms with Gasteiger partial charge in [0.2, 0.25) is 0 Å². The van der Waals surface area contributed by atoms with E-state index in [0.717, 1.165) is 11.1 Å². The Kier molecular flexibility index (Phi) is 1.86. The number of aromatic amines is 1. The van der Waals surface area contributed by atoms with Crippen LogP contribution in [0.2, 0.25) is 0 Å². The van der Waals surface area contributed by atoms with E-state index in [2.05, 4.69) is 10.2 Å². The molecule has 2 aromatic rings. The second kappa shape index (κ2) is 3.02. The van der Waals surface area contributed by atoms with Crippen molar-refractivity contribution in [2.24, 2.45) is 0 Å². The first kappa shape index (κ1) is 8.00. The molecule has 0 aliphatic heterocycles. The fourth-order valence-electron chi connectivity index (χ4n) is 1.01. The molecular formula is C8H6N2O2S. The number of H-pyrrole nitrogens is 1. The number of hydrogen-bond acceptors (Lipinski definition) is 3. The molecule has 0 amide bonds. The zero-order valence-electron chi connectivity index (χ0n) is 6.52. The minimum atomic E-state index is -0.889. The van der Waals surface area contributed by atoms with Crippen molar-refractivity contribution in [3.63, 3.8) is 0 Å². The summed E-state index contributed by atoms with van der Waals surface area (Å²) >= 11 is 1.21. The van der Waals surface area contributed by atoms with E-state index in [1.165, 1.54) is 11.3 Å². The van der Waals surface area contributed by atoms with Crippen molar-refractivity contribution in [1.29, 1.82) is 0 Å². The second-order valence-corrected chi connectivity index (χ2v) is 3.40. The Balaban J connectivity index is 2.39. The lowest BCUT2D eigenvalue weighted by Gasteiger charge is -1.86. The molecule has 0 bridgehead atoms. The van der Waals surface area contributed by atoms with Gasteiger partial charge in [0.25, 0.3) is 0 Å². The molecular weight excluding hydrogens is 188 g/mol. The van der Waals surface area contributed by atoms with Crippen LogP contribution in [-0.4, -0.2) is 21.3 Å². The first-order valence-electron chi connectivity index (χ1n) is 3.58. The van der Waals surface area contributed by atoms with Crippen molar-refractivity contribution >= 4 is 17.3 Å². The van der Waals surface area contributed by atoms with Gasteiger partial charge in [0.15, 0.2) is 0 Å². The highest BCUT2D eigenvalue weighted by molar-refractivity contribution is 7.12. The Morgan fingerprint density at radius 3 is 2.92 bits per heavy atom. The molecule has 2 aromatic heterocycles. The van der Waals surface area contributed by atoms with Crippen molar-refractivity contribution in [2.45, 2.75) is 0 Å². The topological polar surface area (TPSA) is 66.0 Å². The maximum Gasteiger partial charge on any atom is 0.345 e. The van der Waals surface area contributed by atoms with Gasteiger partial charge in [-0.15, -0.1) is 11.3 Å². The number of carboxylic acids is 1. The molecule has 0 fully saturated rings. The maximum absolute atomic E-state index is 10.6. The minimum Gasteiger partial charge on any atom is -0.477 e. The van der Waals surface area contributed by atoms with Gasteiger partial charge < -0.3 is 5.11 Å². The second-order valence-electron chi connectivity index (χ2n) is 2.49. The van der Waals surface area contributed by atoms with Crippen molar-refractivity contribution in [3.8, 4) is 11.1 Å². The first-order chi connectivity index (χ1) is 6.27. The molecule has 0 radical (unpaired) electrons. The number of nitrogens with one attached hydrogen (secondary N) is 1. The number of carbonyl (C=O) groups is 1. The monoisotopic (exact) mass is 194 g/mol. The molecule has 66 valence electrons. The van der Waals surface area contributed by atoms with Crippen LogP contribution in [0.5, 0.6) is 0 Å². The number of thiophene rings is 1. The molecule has 0 spiro atoms. The largest absolute Gasteiger partial charge is 0.477 e. The van der Waals surface area contributed by atoms with E-state index in [-0.39, 0.29) is 0 Å². The summed E-state index contributed by atoms with van der Waals surface area (Å²) in [5.74, 6) is -0.889.